The Balaban J connectivity index is 1.60. The number of halogens is 1. The predicted octanol–water partition coefficient (Wildman–Crippen LogP) is 3.40. The molecule has 3 heterocycles. The van der Waals surface area contributed by atoms with Crippen LogP contribution in [0.5, 0.6) is 0 Å². The number of hydrogen-bond donors (Lipinski definition) is 1. The molecule has 1 N–H and O–H groups in total. The van der Waals surface area contributed by atoms with Crippen molar-refractivity contribution in [2.45, 2.75) is 25.7 Å². The Hall–Kier alpha value is -3.29. The summed E-state index contributed by atoms with van der Waals surface area (Å²) < 4.78 is 13.8. The fourth-order valence-corrected chi connectivity index (χ4v) is 3.88. The van der Waals surface area contributed by atoms with Gasteiger partial charge in [0.2, 0.25) is 5.95 Å². The lowest BCUT2D eigenvalue weighted by molar-refractivity contribution is 0.0711. The van der Waals surface area contributed by atoms with Gasteiger partial charge in [-0.15, -0.1) is 0 Å². The van der Waals surface area contributed by atoms with Gasteiger partial charge in [0.15, 0.2) is 0 Å². The summed E-state index contributed by atoms with van der Waals surface area (Å²) in [4.78, 5) is 25.8. The number of anilines is 1. The molecule has 1 amide bonds. The number of amides is 1. The molecular formula is C22H25FN6O. The topological polar surface area (TPSA) is 78.0 Å². The number of carbonyl (C=O) groups is 1. The lowest BCUT2D eigenvalue weighted by atomic mass is 9.88. The van der Waals surface area contributed by atoms with Crippen molar-refractivity contribution >= 4 is 11.9 Å². The summed E-state index contributed by atoms with van der Waals surface area (Å²) in [5.41, 5.74) is 3.91. The van der Waals surface area contributed by atoms with Gasteiger partial charge in [-0.2, -0.15) is 5.10 Å². The average molecular weight is 408 g/mol. The Morgan fingerprint density at radius 3 is 2.63 bits per heavy atom. The molecule has 4 rings (SSSR count). The third kappa shape index (κ3) is 3.90. The number of aromatic nitrogens is 4. The maximum absolute atomic E-state index is 13.8. The Labute approximate surface area is 175 Å². The van der Waals surface area contributed by atoms with E-state index in [0.717, 1.165) is 35.4 Å². The minimum absolute atomic E-state index is 0.00159. The molecule has 30 heavy (non-hydrogen) atoms. The van der Waals surface area contributed by atoms with Crippen LogP contribution in [0.2, 0.25) is 0 Å². The van der Waals surface area contributed by atoms with E-state index in [4.69, 9.17) is 4.98 Å². The van der Waals surface area contributed by atoms with E-state index in [1.165, 1.54) is 12.1 Å². The van der Waals surface area contributed by atoms with Crippen LogP contribution in [0.15, 0.2) is 36.7 Å². The number of rotatable bonds is 4. The van der Waals surface area contributed by atoms with Crippen LogP contribution in [0, 0.1) is 12.7 Å². The van der Waals surface area contributed by atoms with Crippen molar-refractivity contribution in [3.05, 3.63) is 59.4 Å². The van der Waals surface area contributed by atoms with Gasteiger partial charge in [0.1, 0.15) is 5.82 Å². The Morgan fingerprint density at radius 2 is 2.00 bits per heavy atom. The van der Waals surface area contributed by atoms with Crippen LogP contribution in [0.1, 0.15) is 40.5 Å². The largest absolute Gasteiger partial charge is 0.347 e. The van der Waals surface area contributed by atoms with Crippen molar-refractivity contribution in [3.63, 3.8) is 0 Å². The lowest BCUT2D eigenvalue weighted by Gasteiger charge is -2.32. The number of aromatic amines is 1. The molecule has 0 bridgehead atoms. The number of H-pyrrole nitrogens is 1. The molecule has 0 saturated carbocycles. The molecule has 156 valence electrons. The van der Waals surface area contributed by atoms with Gasteiger partial charge < -0.3 is 9.80 Å². The number of aryl methyl sites for hydroxylation is 1. The Bertz CT molecular complexity index is 1060. The van der Waals surface area contributed by atoms with Gasteiger partial charge in [0.25, 0.3) is 5.91 Å². The van der Waals surface area contributed by atoms with E-state index in [-0.39, 0.29) is 17.6 Å². The smallest absolute Gasteiger partial charge is 0.257 e. The maximum Gasteiger partial charge on any atom is 0.257 e. The zero-order valence-corrected chi connectivity index (χ0v) is 17.4. The molecule has 8 heteroatoms. The molecule has 2 aromatic heterocycles. The number of hydrogen-bond acceptors (Lipinski definition) is 5. The predicted molar refractivity (Wildman–Crippen MR) is 113 cm³/mol. The van der Waals surface area contributed by atoms with Crippen LogP contribution < -0.4 is 4.90 Å². The lowest BCUT2D eigenvalue weighted by Crippen LogP contribution is -2.38. The minimum Gasteiger partial charge on any atom is -0.347 e. The Morgan fingerprint density at radius 1 is 1.23 bits per heavy atom. The van der Waals surface area contributed by atoms with Crippen molar-refractivity contribution in [3.8, 4) is 11.1 Å². The van der Waals surface area contributed by atoms with Gasteiger partial charge in [-0.1, -0.05) is 12.1 Å². The summed E-state index contributed by atoms with van der Waals surface area (Å²) in [6.07, 6.45) is 4.93. The summed E-state index contributed by atoms with van der Waals surface area (Å²) in [5, 5.41) is 6.77. The van der Waals surface area contributed by atoms with Crippen molar-refractivity contribution in [1.29, 1.82) is 0 Å². The highest BCUT2D eigenvalue weighted by molar-refractivity contribution is 5.95. The molecule has 0 atom stereocenters. The summed E-state index contributed by atoms with van der Waals surface area (Å²) in [7, 11) is 3.80. The molecule has 3 aromatic rings. The van der Waals surface area contributed by atoms with E-state index in [0.29, 0.717) is 24.6 Å². The van der Waals surface area contributed by atoms with Gasteiger partial charge in [-0.3, -0.25) is 9.89 Å². The second kappa shape index (κ2) is 8.22. The highest BCUT2D eigenvalue weighted by Gasteiger charge is 2.28. The van der Waals surface area contributed by atoms with Gasteiger partial charge in [-0.05, 0) is 37.5 Å². The van der Waals surface area contributed by atoms with Crippen molar-refractivity contribution in [2.75, 3.05) is 32.1 Å². The molecule has 0 unspecified atom stereocenters. The van der Waals surface area contributed by atoms with Crippen LogP contribution in [-0.2, 0) is 0 Å². The first kappa shape index (κ1) is 20.0. The number of piperidine rings is 1. The number of benzene rings is 1. The SMILES string of the molecule is Cc1[nH]ncc1C(=O)N1CCC(c2nc(N(C)C)ncc2-c2cccc(F)c2)CC1. The van der Waals surface area contributed by atoms with Crippen LogP contribution >= 0.6 is 0 Å². The van der Waals surface area contributed by atoms with Gasteiger partial charge in [0, 0.05) is 50.6 Å². The molecule has 1 saturated heterocycles. The second-order valence-electron chi connectivity index (χ2n) is 7.85. The highest BCUT2D eigenvalue weighted by Crippen LogP contribution is 2.35. The summed E-state index contributed by atoms with van der Waals surface area (Å²) in [5.74, 6) is 0.505. The zero-order chi connectivity index (χ0) is 21.3. The van der Waals surface area contributed by atoms with Crippen molar-refractivity contribution < 1.29 is 9.18 Å². The highest BCUT2D eigenvalue weighted by atomic mass is 19.1. The quantitative estimate of drug-likeness (QED) is 0.716. The third-order valence-corrected chi connectivity index (χ3v) is 5.57. The van der Waals surface area contributed by atoms with E-state index in [9.17, 15) is 9.18 Å². The maximum atomic E-state index is 13.8. The normalized spacial score (nSPS) is 14.7. The first-order valence-electron chi connectivity index (χ1n) is 10.0. The summed E-state index contributed by atoms with van der Waals surface area (Å²) in [6, 6.07) is 6.52. The number of nitrogens with one attached hydrogen (secondary N) is 1. The third-order valence-electron chi connectivity index (χ3n) is 5.57. The van der Waals surface area contributed by atoms with E-state index >= 15 is 0 Å². The van der Waals surface area contributed by atoms with Crippen molar-refractivity contribution in [2.24, 2.45) is 0 Å². The molecule has 1 aliphatic rings. The van der Waals surface area contributed by atoms with Gasteiger partial charge >= 0.3 is 0 Å². The van der Waals surface area contributed by atoms with Crippen LogP contribution in [0.25, 0.3) is 11.1 Å². The summed E-state index contributed by atoms with van der Waals surface area (Å²) in [6.45, 7) is 3.12. The number of carbonyl (C=O) groups excluding carboxylic acids is 1. The molecular weight excluding hydrogens is 383 g/mol. The first-order valence-corrected chi connectivity index (χ1v) is 10.0. The van der Waals surface area contributed by atoms with Gasteiger partial charge in [0.05, 0.1) is 17.5 Å². The summed E-state index contributed by atoms with van der Waals surface area (Å²) >= 11 is 0. The van der Waals surface area contributed by atoms with Crippen molar-refractivity contribution in [1.82, 2.24) is 25.1 Å². The number of likely N-dealkylation sites (tertiary alicyclic amines) is 1. The zero-order valence-electron chi connectivity index (χ0n) is 17.4. The fraction of sp³-hybridized carbons (Fsp3) is 0.364. The molecule has 7 nitrogen and oxygen atoms in total. The standard InChI is InChI=1S/C22H25FN6O/c1-14-18(13-25-27-14)21(30)29-9-7-15(8-10-29)20-19(12-24-22(26-20)28(2)3)16-5-4-6-17(23)11-16/h4-6,11-13,15H,7-10H2,1-3H3,(H,25,27). The minimum atomic E-state index is -0.286. The van der Waals surface area contributed by atoms with E-state index in [1.807, 2.05) is 36.9 Å². The van der Waals surface area contributed by atoms with E-state index in [2.05, 4.69) is 15.2 Å². The average Bonchev–Trinajstić information content (AvgIpc) is 3.18. The first-order chi connectivity index (χ1) is 14.4. The van der Waals surface area contributed by atoms with E-state index < -0.39 is 0 Å². The van der Waals surface area contributed by atoms with Gasteiger partial charge in [-0.25, -0.2) is 14.4 Å². The number of nitrogens with zero attached hydrogens (tertiary/aromatic N) is 5. The second-order valence-corrected chi connectivity index (χ2v) is 7.85. The molecule has 0 radical (unpaired) electrons. The Kier molecular flexibility index (Phi) is 5.48. The molecule has 1 fully saturated rings. The molecule has 0 spiro atoms. The van der Waals surface area contributed by atoms with Crippen LogP contribution in [0.3, 0.4) is 0 Å². The molecule has 1 aromatic carbocycles. The van der Waals surface area contributed by atoms with E-state index in [1.54, 1.807) is 18.5 Å². The fourth-order valence-electron chi connectivity index (χ4n) is 3.88. The monoisotopic (exact) mass is 408 g/mol. The molecule has 0 aliphatic carbocycles. The molecule has 1 aliphatic heterocycles. The van der Waals surface area contributed by atoms with Crippen LogP contribution in [-0.4, -0.2) is 58.2 Å². The van der Waals surface area contributed by atoms with Crippen LogP contribution in [0.4, 0.5) is 10.3 Å².